The molecular weight excluding hydrogens is 156 g/mol. The largest absolute Gasteiger partial charge is 0.374 e. The van der Waals surface area contributed by atoms with Crippen LogP contribution < -0.4 is 15.9 Å². The molecule has 1 rings (SSSR count). The first kappa shape index (κ1) is 8.58. The van der Waals surface area contributed by atoms with Crippen LogP contribution in [-0.2, 0) is 0 Å². The van der Waals surface area contributed by atoms with Crippen molar-refractivity contribution >= 4 is 11.6 Å². The van der Waals surface area contributed by atoms with Crippen LogP contribution in [0.1, 0.15) is 0 Å². The maximum absolute atomic E-state index is 10.9. The summed E-state index contributed by atoms with van der Waals surface area (Å²) in [6, 6.07) is 1.77. The molecule has 66 valence electrons. The SMILES string of the molecule is CNc1cc(N(C)C)nc(=O)[nH]1. The number of aromatic nitrogens is 2. The van der Waals surface area contributed by atoms with Crippen LogP contribution in [0, 0.1) is 0 Å². The third kappa shape index (κ3) is 1.75. The quantitative estimate of drug-likeness (QED) is 0.646. The van der Waals surface area contributed by atoms with Gasteiger partial charge in [-0.15, -0.1) is 0 Å². The van der Waals surface area contributed by atoms with Gasteiger partial charge in [0, 0.05) is 27.2 Å². The first-order valence-electron chi connectivity index (χ1n) is 3.60. The second-order valence-corrected chi connectivity index (χ2v) is 2.60. The standard InChI is InChI=1S/C7H12N4O/c1-8-5-4-6(11(2)3)10-7(12)9-5/h4H,1-3H3,(H2,8,9,10,12). The molecule has 1 heterocycles. The summed E-state index contributed by atoms with van der Waals surface area (Å²) in [4.78, 5) is 19.0. The molecule has 5 nitrogen and oxygen atoms in total. The van der Waals surface area contributed by atoms with Gasteiger partial charge in [-0.1, -0.05) is 0 Å². The van der Waals surface area contributed by atoms with Gasteiger partial charge in [-0.2, -0.15) is 4.98 Å². The lowest BCUT2D eigenvalue weighted by molar-refractivity contribution is 0.998. The molecule has 5 heteroatoms. The van der Waals surface area contributed by atoms with Gasteiger partial charge in [0.05, 0.1) is 0 Å². The molecule has 0 aromatic carbocycles. The molecule has 1 aromatic rings. The molecule has 0 saturated heterocycles. The van der Waals surface area contributed by atoms with Crippen molar-refractivity contribution < 1.29 is 0 Å². The molecule has 0 bridgehead atoms. The highest BCUT2D eigenvalue weighted by molar-refractivity contribution is 5.46. The Morgan fingerprint density at radius 1 is 1.58 bits per heavy atom. The van der Waals surface area contributed by atoms with Crippen molar-refractivity contribution in [2.24, 2.45) is 0 Å². The summed E-state index contributed by atoms with van der Waals surface area (Å²) in [5.41, 5.74) is -0.342. The topological polar surface area (TPSA) is 61.0 Å². The van der Waals surface area contributed by atoms with Crippen LogP contribution in [0.15, 0.2) is 10.9 Å². The zero-order chi connectivity index (χ0) is 9.14. The van der Waals surface area contributed by atoms with Gasteiger partial charge < -0.3 is 10.2 Å². The van der Waals surface area contributed by atoms with Gasteiger partial charge in [0.15, 0.2) is 0 Å². The van der Waals surface area contributed by atoms with E-state index < -0.39 is 0 Å². The molecule has 2 N–H and O–H groups in total. The van der Waals surface area contributed by atoms with Crippen LogP contribution >= 0.6 is 0 Å². The molecule has 0 radical (unpaired) electrons. The Labute approximate surface area is 70.4 Å². The Morgan fingerprint density at radius 2 is 2.25 bits per heavy atom. The lowest BCUT2D eigenvalue weighted by Gasteiger charge is -2.10. The van der Waals surface area contributed by atoms with E-state index in [1.165, 1.54) is 0 Å². The zero-order valence-electron chi connectivity index (χ0n) is 7.38. The molecule has 0 amide bonds. The van der Waals surface area contributed by atoms with Crippen molar-refractivity contribution in [2.75, 3.05) is 31.4 Å². The summed E-state index contributed by atoms with van der Waals surface area (Å²) >= 11 is 0. The average Bonchev–Trinajstić information content (AvgIpc) is 2.03. The van der Waals surface area contributed by atoms with Crippen molar-refractivity contribution in [1.29, 1.82) is 0 Å². The highest BCUT2D eigenvalue weighted by Gasteiger charge is 1.99. The van der Waals surface area contributed by atoms with Crippen molar-refractivity contribution in [3.63, 3.8) is 0 Å². The van der Waals surface area contributed by atoms with E-state index in [-0.39, 0.29) is 5.69 Å². The maximum atomic E-state index is 10.9. The third-order valence-electron chi connectivity index (χ3n) is 1.46. The predicted octanol–water partition coefficient (Wildman–Crippen LogP) is -0.122. The molecule has 0 aliphatic rings. The smallest absolute Gasteiger partial charge is 0.348 e. The van der Waals surface area contributed by atoms with Gasteiger partial charge in [-0.05, 0) is 0 Å². The fourth-order valence-corrected chi connectivity index (χ4v) is 0.808. The summed E-state index contributed by atoms with van der Waals surface area (Å²) in [5.74, 6) is 1.31. The highest BCUT2D eigenvalue weighted by atomic mass is 16.1. The van der Waals surface area contributed by atoms with E-state index >= 15 is 0 Å². The van der Waals surface area contributed by atoms with Gasteiger partial charge in [0.25, 0.3) is 0 Å². The summed E-state index contributed by atoms with van der Waals surface area (Å²) in [6.45, 7) is 0. The van der Waals surface area contributed by atoms with Crippen LogP contribution in [0.2, 0.25) is 0 Å². The number of rotatable bonds is 2. The van der Waals surface area contributed by atoms with E-state index in [9.17, 15) is 4.79 Å². The van der Waals surface area contributed by atoms with Crippen LogP contribution in [0.5, 0.6) is 0 Å². The molecule has 0 aliphatic heterocycles. The minimum absolute atomic E-state index is 0.342. The predicted molar refractivity (Wildman–Crippen MR) is 48.7 cm³/mol. The molecule has 0 unspecified atom stereocenters. The Hall–Kier alpha value is -1.52. The minimum Gasteiger partial charge on any atom is -0.374 e. The lowest BCUT2D eigenvalue weighted by Crippen LogP contribution is -2.19. The second kappa shape index (κ2) is 3.25. The number of anilines is 2. The Bertz CT molecular complexity index is 317. The van der Waals surface area contributed by atoms with Gasteiger partial charge >= 0.3 is 5.69 Å². The first-order valence-corrected chi connectivity index (χ1v) is 3.60. The van der Waals surface area contributed by atoms with Crippen LogP contribution in [0.3, 0.4) is 0 Å². The van der Waals surface area contributed by atoms with Crippen molar-refractivity contribution in [3.05, 3.63) is 16.6 Å². The maximum Gasteiger partial charge on any atom is 0.348 e. The molecule has 0 aliphatic carbocycles. The first-order chi connectivity index (χ1) is 5.63. The van der Waals surface area contributed by atoms with Gasteiger partial charge in [-0.3, -0.25) is 4.98 Å². The number of aromatic amines is 1. The monoisotopic (exact) mass is 168 g/mol. The molecule has 0 spiro atoms. The van der Waals surface area contributed by atoms with E-state index in [4.69, 9.17) is 0 Å². The normalized spacial score (nSPS) is 9.58. The fraction of sp³-hybridized carbons (Fsp3) is 0.429. The van der Waals surface area contributed by atoms with Crippen LogP contribution in [0.4, 0.5) is 11.6 Å². The van der Waals surface area contributed by atoms with E-state index in [2.05, 4.69) is 15.3 Å². The fourth-order valence-electron chi connectivity index (χ4n) is 0.808. The number of nitrogens with one attached hydrogen (secondary N) is 2. The Morgan fingerprint density at radius 3 is 2.75 bits per heavy atom. The molecule has 1 aromatic heterocycles. The van der Waals surface area contributed by atoms with Crippen molar-refractivity contribution in [2.45, 2.75) is 0 Å². The molecule has 0 fully saturated rings. The third-order valence-corrected chi connectivity index (χ3v) is 1.46. The van der Waals surface area contributed by atoms with Crippen molar-refractivity contribution in [3.8, 4) is 0 Å². The number of hydrogen-bond acceptors (Lipinski definition) is 4. The Balaban J connectivity index is 3.15. The summed E-state index contributed by atoms with van der Waals surface area (Å²) in [6.07, 6.45) is 0. The molecule has 12 heavy (non-hydrogen) atoms. The van der Waals surface area contributed by atoms with Gasteiger partial charge in [-0.25, -0.2) is 4.79 Å². The van der Waals surface area contributed by atoms with E-state index in [1.807, 2.05) is 14.1 Å². The zero-order valence-corrected chi connectivity index (χ0v) is 7.38. The van der Waals surface area contributed by atoms with Crippen molar-refractivity contribution in [1.82, 2.24) is 9.97 Å². The number of H-pyrrole nitrogens is 1. The second-order valence-electron chi connectivity index (χ2n) is 2.60. The summed E-state index contributed by atoms with van der Waals surface area (Å²) in [7, 11) is 5.41. The minimum atomic E-state index is -0.342. The summed E-state index contributed by atoms with van der Waals surface area (Å²) < 4.78 is 0. The number of hydrogen-bond donors (Lipinski definition) is 2. The molecular formula is C7H12N4O. The van der Waals surface area contributed by atoms with E-state index in [0.717, 1.165) is 0 Å². The summed E-state index contributed by atoms with van der Waals surface area (Å²) in [5, 5.41) is 2.84. The lowest BCUT2D eigenvalue weighted by atomic mass is 10.5. The Kier molecular flexibility index (Phi) is 2.32. The van der Waals surface area contributed by atoms with Gasteiger partial charge in [0.2, 0.25) is 0 Å². The van der Waals surface area contributed by atoms with E-state index in [1.54, 1.807) is 18.0 Å². The highest BCUT2D eigenvalue weighted by Crippen LogP contribution is 2.07. The number of nitrogens with zero attached hydrogens (tertiary/aromatic N) is 2. The van der Waals surface area contributed by atoms with Crippen LogP contribution in [-0.4, -0.2) is 31.1 Å². The van der Waals surface area contributed by atoms with Crippen LogP contribution in [0.25, 0.3) is 0 Å². The average molecular weight is 168 g/mol. The molecule has 0 saturated carbocycles. The van der Waals surface area contributed by atoms with E-state index in [0.29, 0.717) is 11.6 Å². The molecule has 0 atom stereocenters. The van der Waals surface area contributed by atoms with Gasteiger partial charge in [0.1, 0.15) is 11.6 Å².